The Balaban J connectivity index is 1.33. The van der Waals surface area contributed by atoms with Crippen LogP contribution < -0.4 is 11.1 Å². The number of aryl methyl sites for hydroxylation is 1. The van der Waals surface area contributed by atoms with Crippen molar-refractivity contribution in [1.82, 2.24) is 19.9 Å². The lowest BCUT2D eigenvalue weighted by Gasteiger charge is -2.12. The van der Waals surface area contributed by atoms with Crippen LogP contribution in [0, 0.1) is 6.92 Å². The number of nitrogens with one attached hydrogen (secondary N) is 1. The fourth-order valence-electron chi connectivity index (χ4n) is 4.49. The number of carbonyl (C=O) groups excluding carboxylic acids is 2. The van der Waals surface area contributed by atoms with Gasteiger partial charge in [0.1, 0.15) is 11.3 Å². The van der Waals surface area contributed by atoms with Crippen molar-refractivity contribution in [2.45, 2.75) is 32.2 Å². The van der Waals surface area contributed by atoms with E-state index in [-0.39, 0.29) is 17.5 Å². The van der Waals surface area contributed by atoms with Gasteiger partial charge in [0, 0.05) is 12.2 Å². The summed E-state index contributed by atoms with van der Waals surface area (Å²) < 4.78 is 1.39. The molecule has 2 aromatic carbocycles. The SMILES string of the molecule is Cc1nn2c(C(=O)NC3Cc4ccc(Cc5ccccc5)cc4C3)ccnc2c1C(N)=O. The summed E-state index contributed by atoms with van der Waals surface area (Å²) in [5.41, 5.74) is 11.8. The van der Waals surface area contributed by atoms with Crippen LogP contribution in [0.4, 0.5) is 0 Å². The van der Waals surface area contributed by atoms with E-state index >= 15 is 0 Å². The summed E-state index contributed by atoms with van der Waals surface area (Å²) in [5.74, 6) is -0.863. The molecule has 0 bridgehead atoms. The van der Waals surface area contributed by atoms with Gasteiger partial charge in [0.15, 0.2) is 5.65 Å². The Morgan fingerprint density at radius 2 is 1.84 bits per heavy atom. The minimum absolute atomic E-state index is 0.0000365. The van der Waals surface area contributed by atoms with Crippen molar-refractivity contribution >= 4 is 17.5 Å². The molecule has 1 aliphatic carbocycles. The van der Waals surface area contributed by atoms with E-state index in [0.717, 1.165) is 19.3 Å². The summed E-state index contributed by atoms with van der Waals surface area (Å²) in [6.45, 7) is 1.68. The van der Waals surface area contributed by atoms with Gasteiger partial charge < -0.3 is 11.1 Å². The van der Waals surface area contributed by atoms with Gasteiger partial charge in [-0.3, -0.25) is 9.59 Å². The van der Waals surface area contributed by atoms with E-state index in [9.17, 15) is 9.59 Å². The second-order valence-electron chi connectivity index (χ2n) is 8.23. The zero-order valence-corrected chi connectivity index (χ0v) is 17.7. The third-order valence-corrected chi connectivity index (χ3v) is 5.96. The molecule has 1 atom stereocenters. The highest BCUT2D eigenvalue weighted by Gasteiger charge is 2.26. The first-order chi connectivity index (χ1) is 15.5. The number of fused-ring (bicyclic) bond motifs is 2. The number of hydrogen-bond acceptors (Lipinski definition) is 4. The van der Waals surface area contributed by atoms with Crippen LogP contribution in [0.1, 0.15) is 48.8 Å². The maximum absolute atomic E-state index is 13.0. The van der Waals surface area contributed by atoms with Crippen LogP contribution in [0.15, 0.2) is 60.8 Å². The maximum atomic E-state index is 13.0. The number of aromatic nitrogens is 3. The molecule has 1 aliphatic rings. The zero-order chi connectivity index (χ0) is 22.2. The molecule has 0 radical (unpaired) electrons. The van der Waals surface area contributed by atoms with Crippen molar-refractivity contribution in [3.05, 3.63) is 100.0 Å². The molecule has 5 rings (SSSR count). The Kier molecular flexibility index (Phi) is 4.93. The number of carbonyl (C=O) groups is 2. The predicted molar refractivity (Wildman–Crippen MR) is 121 cm³/mol. The molecule has 0 saturated heterocycles. The first-order valence-corrected chi connectivity index (χ1v) is 10.6. The van der Waals surface area contributed by atoms with E-state index in [1.807, 2.05) is 6.07 Å². The molecule has 3 N–H and O–H groups in total. The van der Waals surface area contributed by atoms with Gasteiger partial charge in [-0.25, -0.2) is 9.50 Å². The fraction of sp³-hybridized carbons (Fsp3) is 0.200. The van der Waals surface area contributed by atoms with E-state index in [0.29, 0.717) is 17.0 Å². The molecular formula is C25H23N5O2. The highest BCUT2D eigenvalue weighted by molar-refractivity contribution is 6.01. The molecule has 4 aromatic rings. The van der Waals surface area contributed by atoms with Crippen molar-refractivity contribution in [3.63, 3.8) is 0 Å². The van der Waals surface area contributed by atoms with Crippen LogP contribution in [0.2, 0.25) is 0 Å². The molecule has 32 heavy (non-hydrogen) atoms. The summed E-state index contributed by atoms with van der Waals surface area (Å²) in [5, 5.41) is 7.43. The van der Waals surface area contributed by atoms with Crippen molar-refractivity contribution in [1.29, 1.82) is 0 Å². The second-order valence-corrected chi connectivity index (χ2v) is 8.23. The Morgan fingerprint density at radius 3 is 2.62 bits per heavy atom. The lowest BCUT2D eigenvalue weighted by atomic mass is 10.0. The quantitative estimate of drug-likeness (QED) is 0.513. The number of rotatable bonds is 5. The monoisotopic (exact) mass is 425 g/mol. The summed E-state index contributed by atoms with van der Waals surface area (Å²) in [7, 11) is 0. The van der Waals surface area contributed by atoms with Crippen LogP contribution in [0.3, 0.4) is 0 Å². The average molecular weight is 425 g/mol. The number of benzene rings is 2. The number of amides is 2. The average Bonchev–Trinajstić information content (AvgIpc) is 3.32. The molecular weight excluding hydrogens is 402 g/mol. The Morgan fingerprint density at radius 1 is 1.06 bits per heavy atom. The molecule has 0 saturated carbocycles. The molecule has 160 valence electrons. The van der Waals surface area contributed by atoms with Crippen molar-refractivity contribution < 1.29 is 9.59 Å². The van der Waals surface area contributed by atoms with Gasteiger partial charge in [0.2, 0.25) is 0 Å². The minimum Gasteiger partial charge on any atom is -0.365 e. The molecule has 2 aromatic heterocycles. The topological polar surface area (TPSA) is 102 Å². The molecule has 2 heterocycles. The molecule has 2 amide bonds. The number of primary amides is 1. The number of nitrogens with two attached hydrogens (primary N) is 1. The van der Waals surface area contributed by atoms with Gasteiger partial charge in [-0.15, -0.1) is 0 Å². The van der Waals surface area contributed by atoms with E-state index in [4.69, 9.17) is 5.73 Å². The smallest absolute Gasteiger partial charge is 0.270 e. The van der Waals surface area contributed by atoms with Crippen LogP contribution >= 0.6 is 0 Å². The van der Waals surface area contributed by atoms with E-state index in [2.05, 4.69) is 57.9 Å². The first kappa shape index (κ1) is 19.9. The molecule has 0 aliphatic heterocycles. The number of nitrogens with zero attached hydrogens (tertiary/aromatic N) is 3. The van der Waals surface area contributed by atoms with Gasteiger partial charge >= 0.3 is 0 Å². The summed E-state index contributed by atoms with van der Waals surface area (Å²) >= 11 is 0. The molecule has 7 heteroatoms. The predicted octanol–water partition coefficient (Wildman–Crippen LogP) is 2.62. The second kappa shape index (κ2) is 7.92. The molecule has 7 nitrogen and oxygen atoms in total. The lowest BCUT2D eigenvalue weighted by molar-refractivity contribution is 0.0929. The van der Waals surface area contributed by atoms with Gasteiger partial charge in [-0.2, -0.15) is 5.10 Å². The highest BCUT2D eigenvalue weighted by Crippen LogP contribution is 2.25. The van der Waals surface area contributed by atoms with Gasteiger partial charge in [-0.05, 0) is 54.5 Å². The highest BCUT2D eigenvalue weighted by atomic mass is 16.2. The fourth-order valence-corrected chi connectivity index (χ4v) is 4.49. The van der Waals surface area contributed by atoms with Crippen LogP contribution in [-0.4, -0.2) is 32.5 Å². The Bertz CT molecular complexity index is 1340. The summed E-state index contributed by atoms with van der Waals surface area (Å²) in [4.78, 5) is 29.0. The normalized spacial score (nSPS) is 15.0. The molecule has 0 spiro atoms. The van der Waals surface area contributed by atoms with Gasteiger partial charge in [-0.1, -0.05) is 48.5 Å². The Labute approximate surface area is 185 Å². The summed E-state index contributed by atoms with van der Waals surface area (Å²) in [6.07, 6.45) is 3.95. The third-order valence-electron chi connectivity index (χ3n) is 5.96. The van der Waals surface area contributed by atoms with E-state index in [1.165, 1.54) is 33.0 Å². The third kappa shape index (κ3) is 3.62. The first-order valence-electron chi connectivity index (χ1n) is 10.6. The zero-order valence-electron chi connectivity index (χ0n) is 17.7. The summed E-state index contributed by atoms with van der Waals surface area (Å²) in [6, 6.07) is 18.6. The number of hydrogen-bond donors (Lipinski definition) is 2. The molecule has 1 unspecified atom stereocenters. The largest absolute Gasteiger partial charge is 0.365 e. The van der Waals surface area contributed by atoms with Gasteiger partial charge in [0.25, 0.3) is 11.8 Å². The van der Waals surface area contributed by atoms with Crippen LogP contribution in [0.5, 0.6) is 0 Å². The van der Waals surface area contributed by atoms with Crippen LogP contribution in [0.25, 0.3) is 5.65 Å². The van der Waals surface area contributed by atoms with Gasteiger partial charge in [0.05, 0.1) is 5.69 Å². The molecule has 0 fully saturated rings. The standard InChI is InChI=1S/C25H23N5O2/c1-15-22(23(26)31)24-27-10-9-21(30(24)29-15)25(32)28-20-13-18-8-7-17(12-19(18)14-20)11-16-5-3-2-4-6-16/h2-10,12,20H,11,13-14H2,1H3,(H2,26,31)(H,28,32). The Hall–Kier alpha value is -4.00. The maximum Gasteiger partial charge on any atom is 0.270 e. The minimum atomic E-state index is -0.611. The van der Waals surface area contributed by atoms with Crippen molar-refractivity contribution in [3.8, 4) is 0 Å². The van der Waals surface area contributed by atoms with E-state index in [1.54, 1.807) is 13.0 Å². The van der Waals surface area contributed by atoms with Crippen molar-refractivity contribution in [2.75, 3.05) is 0 Å². The van der Waals surface area contributed by atoms with E-state index < -0.39 is 5.91 Å². The van der Waals surface area contributed by atoms with Crippen molar-refractivity contribution in [2.24, 2.45) is 5.73 Å². The lowest BCUT2D eigenvalue weighted by Crippen LogP contribution is -2.36. The van der Waals surface area contributed by atoms with Crippen LogP contribution in [-0.2, 0) is 19.3 Å².